The van der Waals surface area contributed by atoms with Crippen molar-refractivity contribution < 1.29 is 4.39 Å². The molecule has 5 rings (SSSR count). The number of benzene rings is 1. The first-order chi connectivity index (χ1) is 14.2. The predicted octanol–water partition coefficient (Wildman–Crippen LogP) is 4.50. The Bertz CT molecular complexity index is 1290. The molecule has 6 nitrogen and oxygen atoms in total. The molecule has 0 aliphatic heterocycles. The monoisotopic (exact) mass is 404 g/mol. The van der Waals surface area contributed by atoms with E-state index in [2.05, 4.69) is 15.1 Å². The maximum Gasteiger partial charge on any atom is 0.195 e. The van der Waals surface area contributed by atoms with Crippen LogP contribution in [0.2, 0.25) is 5.02 Å². The molecule has 0 atom stereocenters. The van der Waals surface area contributed by atoms with Crippen LogP contribution < -0.4 is 0 Å². The summed E-state index contributed by atoms with van der Waals surface area (Å²) in [7, 11) is 0. The second kappa shape index (κ2) is 7.10. The number of nitrogens with zero attached hydrogens (tertiary/aromatic N) is 6. The highest BCUT2D eigenvalue weighted by molar-refractivity contribution is 6.30. The number of aromatic nitrogens is 6. The van der Waals surface area contributed by atoms with Crippen LogP contribution in [0.15, 0.2) is 73.3 Å². The molecular weight excluding hydrogens is 391 g/mol. The van der Waals surface area contributed by atoms with Gasteiger partial charge in [0.05, 0.1) is 18.3 Å². The van der Waals surface area contributed by atoms with E-state index in [0.29, 0.717) is 34.6 Å². The SMILES string of the molecule is Fc1cc(Cl)cc(Cn2nc(-c3cccnc3)nc2-c2ncc3ccccn23)c1. The fraction of sp³-hybridized carbons (Fsp3) is 0.0476. The van der Waals surface area contributed by atoms with Gasteiger partial charge in [0.25, 0.3) is 0 Å². The van der Waals surface area contributed by atoms with Crippen molar-refractivity contribution in [3.63, 3.8) is 0 Å². The Labute approximate surface area is 170 Å². The van der Waals surface area contributed by atoms with Gasteiger partial charge in [0.2, 0.25) is 0 Å². The summed E-state index contributed by atoms with van der Waals surface area (Å²) in [5, 5.41) is 4.98. The Hall–Kier alpha value is -3.58. The molecule has 4 heterocycles. The zero-order valence-electron chi connectivity index (χ0n) is 15.1. The van der Waals surface area contributed by atoms with Gasteiger partial charge in [-0.15, -0.1) is 5.10 Å². The number of fused-ring (bicyclic) bond motifs is 1. The van der Waals surface area contributed by atoms with Crippen LogP contribution in [0, 0.1) is 5.82 Å². The van der Waals surface area contributed by atoms with Gasteiger partial charge in [-0.2, -0.15) is 0 Å². The molecule has 8 heteroatoms. The third-order valence-electron chi connectivity index (χ3n) is 4.48. The van der Waals surface area contributed by atoms with Crippen molar-refractivity contribution in [2.24, 2.45) is 0 Å². The van der Waals surface area contributed by atoms with Gasteiger partial charge in [0.1, 0.15) is 5.82 Å². The molecule has 0 saturated heterocycles. The zero-order chi connectivity index (χ0) is 19.8. The van der Waals surface area contributed by atoms with Gasteiger partial charge in [-0.05, 0) is 48.0 Å². The lowest BCUT2D eigenvalue weighted by atomic mass is 10.2. The van der Waals surface area contributed by atoms with Crippen LogP contribution in [0.25, 0.3) is 28.6 Å². The molecule has 1 aromatic carbocycles. The summed E-state index contributed by atoms with van der Waals surface area (Å²) < 4.78 is 17.5. The van der Waals surface area contributed by atoms with E-state index >= 15 is 0 Å². The van der Waals surface area contributed by atoms with Crippen molar-refractivity contribution in [3.05, 3.63) is 89.7 Å². The van der Waals surface area contributed by atoms with Crippen molar-refractivity contribution in [1.29, 1.82) is 0 Å². The third-order valence-corrected chi connectivity index (χ3v) is 4.70. The summed E-state index contributed by atoms with van der Waals surface area (Å²) in [6, 6.07) is 14.0. The van der Waals surface area contributed by atoms with Gasteiger partial charge in [-0.25, -0.2) is 19.0 Å². The molecule has 142 valence electrons. The average Bonchev–Trinajstić information content (AvgIpc) is 3.32. The lowest BCUT2D eigenvalue weighted by molar-refractivity contribution is 0.620. The second-order valence-corrected chi connectivity index (χ2v) is 6.95. The molecule has 0 bridgehead atoms. The van der Waals surface area contributed by atoms with E-state index in [-0.39, 0.29) is 0 Å². The van der Waals surface area contributed by atoms with Crippen molar-refractivity contribution in [2.75, 3.05) is 0 Å². The van der Waals surface area contributed by atoms with Crippen LogP contribution in [0.4, 0.5) is 4.39 Å². The summed E-state index contributed by atoms with van der Waals surface area (Å²) >= 11 is 6.02. The Balaban J connectivity index is 1.67. The minimum absolute atomic E-state index is 0.293. The Kier molecular flexibility index (Phi) is 4.29. The highest BCUT2D eigenvalue weighted by Gasteiger charge is 2.18. The van der Waals surface area contributed by atoms with Crippen molar-refractivity contribution >= 4 is 17.1 Å². The molecule has 0 aliphatic carbocycles. The molecule has 5 aromatic rings. The Morgan fingerprint density at radius 3 is 2.76 bits per heavy atom. The largest absolute Gasteiger partial charge is 0.297 e. The molecule has 0 N–H and O–H groups in total. The van der Waals surface area contributed by atoms with Crippen LogP contribution in [0.3, 0.4) is 0 Å². The fourth-order valence-electron chi connectivity index (χ4n) is 3.22. The van der Waals surface area contributed by atoms with Crippen LogP contribution in [0.5, 0.6) is 0 Å². The smallest absolute Gasteiger partial charge is 0.195 e. The summed E-state index contributed by atoms with van der Waals surface area (Å²) in [5.74, 6) is 1.33. The van der Waals surface area contributed by atoms with Crippen LogP contribution >= 0.6 is 11.6 Å². The summed E-state index contributed by atoms with van der Waals surface area (Å²) in [4.78, 5) is 13.4. The summed E-state index contributed by atoms with van der Waals surface area (Å²) in [5.41, 5.74) is 2.40. The third kappa shape index (κ3) is 3.36. The van der Waals surface area contributed by atoms with Crippen LogP contribution in [-0.4, -0.2) is 29.1 Å². The predicted molar refractivity (Wildman–Crippen MR) is 108 cm³/mol. The Morgan fingerprint density at radius 1 is 1.00 bits per heavy atom. The van der Waals surface area contributed by atoms with Crippen molar-refractivity contribution in [3.8, 4) is 23.0 Å². The summed E-state index contributed by atoms with van der Waals surface area (Å²) in [6.07, 6.45) is 7.08. The minimum atomic E-state index is -0.395. The molecule has 0 radical (unpaired) electrons. The highest BCUT2D eigenvalue weighted by Crippen LogP contribution is 2.24. The second-order valence-electron chi connectivity index (χ2n) is 6.51. The van der Waals surface area contributed by atoms with E-state index in [1.807, 2.05) is 40.9 Å². The van der Waals surface area contributed by atoms with E-state index in [9.17, 15) is 4.39 Å². The van der Waals surface area contributed by atoms with Gasteiger partial charge < -0.3 is 0 Å². The molecule has 29 heavy (non-hydrogen) atoms. The number of hydrogen-bond acceptors (Lipinski definition) is 4. The van der Waals surface area contributed by atoms with Crippen LogP contribution in [-0.2, 0) is 6.54 Å². The standard InChI is InChI=1S/C21H14ClFN6/c22-16-8-14(9-17(23)10-16)13-29-21(20-25-12-18-5-1-2-7-28(18)20)26-19(27-29)15-4-3-6-24-11-15/h1-12H,13H2. The van der Waals surface area contributed by atoms with E-state index in [1.54, 1.807) is 29.3 Å². The quantitative estimate of drug-likeness (QED) is 0.442. The lowest BCUT2D eigenvalue weighted by Crippen LogP contribution is -2.06. The fourth-order valence-corrected chi connectivity index (χ4v) is 3.46. The number of halogens is 2. The van der Waals surface area contributed by atoms with E-state index < -0.39 is 5.82 Å². The van der Waals surface area contributed by atoms with Gasteiger partial charge in [0, 0.05) is 29.2 Å². The van der Waals surface area contributed by atoms with Gasteiger partial charge >= 0.3 is 0 Å². The van der Waals surface area contributed by atoms with Gasteiger partial charge in [0.15, 0.2) is 17.5 Å². The first kappa shape index (κ1) is 17.5. The molecule has 0 saturated carbocycles. The first-order valence-electron chi connectivity index (χ1n) is 8.90. The van der Waals surface area contributed by atoms with Gasteiger partial charge in [-0.1, -0.05) is 17.7 Å². The zero-order valence-corrected chi connectivity index (χ0v) is 15.8. The molecule has 0 aliphatic rings. The normalized spacial score (nSPS) is 11.2. The maximum atomic E-state index is 13.8. The molecule has 0 amide bonds. The topological polar surface area (TPSA) is 60.9 Å². The lowest BCUT2D eigenvalue weighted by Gasteiger charge is -2.06. The number of pyridine rings is 2. The first-order valence-corrected chi connectivity index (χ1v) is 9.28. The molecule has 0 fully saturated rings. The van der Waals surface area contributed by atoms with Crippen LogP contribution in [0.1, 0.15) is 5.56 Å². The van der Waals surface area contributed by atoms with E-state index in [4.69, 9.17) is 16.6 Å². The molecule has 0 spiro atoms. The Morgan fingerprint density at radius 2 is 1.93 bits per heavy atom. The van der Waals surface area contributed by atoms with E-state index in [0.717, 1.165) is 11.1 Å². The number of imidazole rings is 1. The summed E-state index contributed by atoms with van der Waals surface area (Å²) in [6.45, 7) is 0.293. The number of hydrogen-bond donors (Lipinski definition) is 0. The van der Waals surface area contributed by atoms with Gasteiger partial charge in [-0.3, -0.25) is 9.38 Å². The van der Waals surface area contributed by atoms with E-state index in [1.165, 1.54) is 12.1 Å². The maximum absolute atomic E-state index is 13.8. The highest BCUT2D eigenvalue weighted by atomic mass is 35.5. The number of rotatable bonds is 4. The molecular formula is C21H14ClFN6. The van der Waals surface area contributed by atoms with Crippen molar-refractivity contribution in [2.45, 2.75) is 6.54 Å². The van der Waals surface area contributed by atoms with Crippen molar-refractivity contribution in [1.82, 2.24) is 29.1 Å². The molecule has 4 aromatic heterocycles. The minimum Gasteiger partial charge on any atom is -0.297 e. The molecule has 0 unspecified atom stereocenters. The average molecular weight is 405 g/mol.